The average molecular weight is 326 g/mol. The molecule has 0 spiro atoms. The highest BCUT2D eigenvalue weighted by atomic mass is 32.1. The van der Waals surface area contributed by atoms with Gasteiger partial charge in [-0.3, -0.25) is 9.78 Å². The number of carbonyl (C=O) groups is 1. The highest BCUT2D eigenvalue weighted by molar-refractivity contribution is 7.10. The maximum atomic E-state index is 12.3. The van der Waals surface area contributed by atoms with E-state index in [0.717, 1.165) is 24.1 Å². The van der Waals surface area contributed by atoms with Gasteiger partial charge in [-0.1, -0.05) is 0 Å². The van der Waals surface area contributed by atoms with Crippen LogP contribution in [0.2, 0.25) is 0 Å². The van der Waals surface area contributed by atoms with E-state index < -0.39 is 5.91 Å². The van der Waals surface area contributed by atoms with Crippen molar-refractivity contribution in [3.05, 3.63) is 46.4 Å². The van der Waals surface area contributed by atoms with Crippen LogP contribution in [0.15, 0.2) is 34.2 Å². The molecule has 1 amide bonds. The number of hydrogen-bond donors (Lipinski definition) is 1. The SMILES string of the molecule is Cc1cc(-c2ncccc2NC(=O)c2nnc(C3CC3)o2)cs1. The van der Waals surface area contributed by atoms with Crippen molar-refractivity contribution in [3.63, 3.8) is 0 Å². The number of thiophene rings is 1. The van der Waals surface area contributed by atoms with Crippen molar-refractivity contribution in [1.29, 1.82) is 0 Å². The van der Waals surface area contributed by atoms with E-state index in [1.54, 1.807) is 23.6 Å². The van der Waals surface area contributed by atoms with Crippen LogP contribution in [0.4, 0.5) is 5.69 Å². The zero-order chi connectivity index (χ0) is 15.8. The number of nitrogens with one attached hydrogen (secondary N) is 1. The fraction of sp³-hybridized carbons (Fsp3) is 0.250. The minimum Gasteiger partial charge on any atom is -0.417 e. The summed E-state index contributed by atoms with van der Waals surface area (Å²) in [5.41, 5.74) is 2.33. The quantitative estimate of drug-likeness (QED) is 0.792. The first-order chi connectivity index (χ1) is 11.2. The van der Waals surface area contributed by atoms with Gasteiger partial charge in [-0.25, -0.2) is 0 Å². The lowest BCUT2D eigenvalue weighted by molar-refractivity contribution is 0.0988. The summed E-state index contributed by atoms with van der Waals surface area (Å²) in [5, 5.41) is 12.6. The van der Waals surface area contributed by atoms with Crippen LogP contribution in [0.3, 0.4) is 0 Å². The van der Waals surface area contributed by atoms with E-state index in [1.807, 2.05) is 24.4 Å². The zero-order valence-electron chi connectivity index (χ0n) is 12.4. The summed E-state index contributed by atoms with van der Waals surface area (Å²) in [4.78, 5) is 17.9. The normalized spacial score (nSPS) is 14.0. The smallest absolute Gasteiger partial charge is 0.313 e. The molecule has 0 atom stereocenters. The Kier molecular flexibility index (Phi) is 3.42. The molecular formula is C16H14N4O2S. The van der Waals surface area contributed by atoms with Gasteiger partial charge in [0, 0.05) is 27.9 Å². The Morgan fingerprint density at radius 1 is 1.39 bits per heavy atom. The van der Waals surface area contributed by atoms with Crippen LogP contribution in [0.1, 0.15) is 40.2 Å². The second-order valence-corrected chi connectivity index (χ2v) is 6.63. The predicted octanol–water partition coefficient (Wildman–Crippen LogP) is 3.63. The van der Waals surface area contributed by atoms with Crippen molar-refractivity contribution in [1.82, 2.24) is 15.2 Å². The molecule has 1 aliphatic carbocycles. The fourth-order valence-corrected chi connectivity index (χ4v) is 2.99. The standard InChI is InChI=1S/C16H14N4O2S/c1-9-7-11(8-23-9)13-12(3-2-6-17-13)18-14(21)16-20-19-15(22-16)10-4-5-10/h2-3,6-8,10H,4-5H2,1H3,(H,18,21). The summed E-state index contributed by atoms with van der Waals surface area (Å²) in [6, 6.07) is 5.63. The molecule has 1 N–H and O–H groups in total. The number of rotatable bonds is 4. The Morgan fingerprint density at radius 3 is 3.00 bits per heavy atom. The largest absolute Gasteiger partial charge is 0.417 e. The third-order valence-electron chi connectivity index (χ3n) is 3.62. The first-order valence-corrected chi connectivity index (χ1v) is 8.24. The van der Waals surface area contributed by atoms with E-state index in [0.29, 0.717) is 17.5 Å². The Labute approximate surface area is 136 Å². The molecule has 116 valence electrons. The van der Waals surface area contributed by atoms with Crippen LogP contribution in [-0.4, -0.2) is 21.1 Å². The van der Waals surface area contributed by atoms with Crippen LogP contribution in [0.25, 0.3) is 11.3 Å². The van der Waals surface area contributed by atoms with Gasteiger partial charge in [-0.2, -0.15) is 0 Å². The van der Waals surface area contributed by atoms with Crippen molar-refractivity contribution in [3.8, 4) is 11.3 Å². The molecule has 0 aliphatic heterocycles. The van der Waals surface area contributed by atoms with Gasteiger partial charge >= 0.3 is 11.8 Å². The molecule has 0 unspecified atom stereocenters. The maximum Gasteiger partial charge on any atom is 0.313 e. The number of carbonyl (C=O) groups excluding carboxylic acids is 1. The Hall–Kier alpha value is -2.54. The summed E-state index contributed by atoms with van der Waals surface area (Å²) < 4.78 is 5.44. The van der Waals surface area contributed by atoms with Crippen molar-refractivity contribution >= 4 is 22.9 Å². The van der Waals surface area contributed by atoms with Gasteiger partial charge in [-0.15, -0.1) is 21.5 Å². The summed E-state index contributed by atoms with van der Waals surface area (Å²) in [6.07, 6.45) is 3.80. The topological polar surface area (TPSA) is 80.9 Å². The molecule has 6 nitrogen and oxygen atoms in total. The number of anilines is 1. The monoisotopic (exact) mass is 326 g/mol. The van der Waals surface area contributed by atoms with Crippen LogP contribution >= 0.6 is 11.3 Å². The average Bonchev–Trinajstić information content (AvgIpc) is 3.12. The van der Waals surface area contributed by atoms with Crippen LogP contribution in [0.5, 0.6) is 0 Å². The molecule has 3 aromatic rings. The van der Waals surface area contributed by atoms with Gasteiger partial charge in [0.05, 0.1) is 11.4 Å². The lowest BCUT2D eigenvalue weighted by atomic mass is 10.2. The highest BCUT2D eigenvalue weighted by Crippen LogP contribution is 2.39. The van der Waals surface area contributed by atoms with E-state index in [9.17, 15) is 4.79 Å². The lowest BCUT2D eigenvalue weighted by Crippen LogP contribution is -2.13. The van der Waals surface area contributed by atoms with Crippen LogP contribution < -0.4 is 5.32 Å². The van der Waals surface area contributed by atoms with Gasteiger partial charge < -0.3 is 9.73 Å². The molecule has 1 aliphatic rings. The summed E-state index contributed by atoms with van der Waals surface area (Å²) in [6.45, 7) is 2.03. The van der Waals surface area contributed by atoms with Crippen LogP contribution in [-0.2, 0) is 0 Å². The molecule has 0 saturated heterocycles. The van der Waals surface area contributed by atoms with E-state index in [4.69, 9.17) is 4.42 Å². The van der Waals surface area contributed by atoms with E-state index in [2.05, 4.69) is 20.5 Å². The third-order valence-corrected chi connectivity index (χ3v) is 4.48. The van der Waals surface area contributed by atoms with E-state index in [1.165, 1.54) is 4.88 Å². The van der Waals surface area contributed by atoms with Crippen molar-refractivity contribution in [2.75, 3.05) is 5.32 Å². The number of nitrogens with zero attached hydrogens (tertiary/aromatic N) is 3. The minimum atomic E-state index is -0.411. The molecule has 1 fully saturated rings. The number of aromatic nitrogens is 3. The number of aryl methyl sites for hydroxylation is 1. The Morgan fingerprint density at radius 2 is 2.26 bits per heavy atom. The highest BCUT2D eigenvalue weighted by Gasteiger charge is 2.30. The van der Waals surface area contributed by atoms with Crippen LogP contribution in [0, 0.1) is 6.92 Å². The summed E-state index contributed by atoms with van der Waals surface area (Å²) >= 11 is 1.64. The summed E-state index contributed by atoms with van der Waals surface area (Å²) in [7, 11) is 0. The Bertz CT molecular complexity index is 866. The molecule has 0 aromatic carbocycles. The lowest BCUT2D eigenvalue weighted by Gasteiger charge is -2.07. The molecule has 3 heterocycles. The number of hydrogen-bond acceptors (Lipinski definition) is 6. The molecule has 0 bridgehead atoms. The molecule has 3 aromatic heterocycles. The molecule has 0 radical (unpaired) electrons. The summed E-state index contributed by atoms with van der Waals surface area (Å²) in [5.74, 6) is 0.454. The molecule has 7 heteroatoms. The maximum absolute atomic E-state index is 12.3. The number of amides is 1. The molecular weight excluding hydrogens is 312 g/mol. The second kappa shape index (κ2) is 5.58. The Balaban J connectivity index is 1.59. The van der Waals surface area contributed by atoms with Gasteiger partial charge in [0.15, 0.2) is 0 Å². The van der Waals surface area contributed by atoms with Gasteiger partial charge in [0.2, 0.25) is 5.89 Å². The van der Waals surface area contributed by atoms with Gasteiger partial charge in [0.25, 0.3) is 0 Å². The van der Waals surface area contributed by atoms with Crippen molar-refractivity contribution in [2.45, 2.75) is 25.7 Å². The minimum absolute atomic E-state index is 0.0109. The van der Waals surface area contributed by atoms with Crippen molar-refractivity contribution in [2.24, 2.45) is 0 Å². The predicted molar refractivity (Wildman–Crippen MR) is 86.5 cm³/mol. The van der Waals surface area contributed by atoms with E-state index >= 15 is 0 Å². The number of pyridine rings is 1. The molecule has 4 rings (SSSR count). The molecule has 23 heavy (non-hydrogen) atoms. The van der Waals surface area contributed by atoms with Crippen molar-refractivity contribution < 1.29 is 9.21 Å². The first-order valence-electron chi connectivity index (χ1n) is 7.36. The fourth-order valence-electron chi connectivity index (χ4n) is 2.30. The van der Waals surface area contributed by atoms with Gasteiger partial charge in [0.1, 0.15) is 0 Å². The zero-order valence-corrected chi connectivity index (χ0v) is 13.3. The van der Waals surface area contributed by atoms with Gasteiger partial charge in [-0.05, 0) is 38.0 Å². The molecule has 1 saturated carbocycles. The van der Waals surface area contributed by atoms with E-state index in [-0.39, 0.29) is 5.89 Å². The second-order valence-electron chi connectivity index (χ2n) is 5.52. The third kappa shape index (κ3) is 2.87. The first kappa shape index (κ1) is 14.1.